The van der Waals surface area contributed by atoms with Crippen molar-refractivity contribution in [3.63, 3.8) is 0 Å². The maximum absolute atomic E-state index is 8.90. The third kappa shape index (κ3) is 2.40. The number of benzene rings is 1. The van der Waals surface area contributed by atoms with Crippen molar-refractivity contribution >= 4 is 15.9 Å². The molecule has 0 aliphatic carbocycles. The van der Waals surface area contributed by atoms with E-state index in [1.165, 1.54) is 0 Å². The molecule has 2 aromatic rings. The van der Waals surface area contributed by atoms with Crippen molar-refractivity contribution < 1.29 is 5.11 Å². The second-order valence-corrected chi connectivity index (χ2v) is 4.00. The Morgan fingerprint density at radius 2 is 1.67 bits per heavy atom. The van der Waals surface area contributed by atoms with E-state index < -0.39 is 0 Å². The molecule has 0 saturated carbocycles. The van der Waals surface area contributed by atoms with Crippen molar-refractivity contribution in [2.24, 2.45) is 0 Å². The molecule has 0 amide bonds. The number of rotatable bonds is 2. The van der Waals surface area contributed by atoms with E-state index in [1.54, 1.807) is 12.4 Å². The maximum Gasteiger partial charge on any atom is 0.159 e. The smallest absolute Gasteiger partial charge is 0.159 e. The van der Waals surface area contributed by atoms with E-state index in [2.05, 4.69) is 25.9 Å². The number of hydrogen-bond donors (Lipinski definition) is 1. The van der Waals surface area contributed by atoms with E-state index in [-0.39, 0.29) is 6.61 Å². The minimum absolute atomic E-state index is 0.0570. The summed E-state index contributed by atoms with van der Waals surface area (Å²) in [6, 6.07) is 7.52. The van der Waals surface area contributed by atoms with Crippen molar-refractivity contribution in [3.8, 4) is 11.4 Å². The zero-order valence-electron chi connectivity index (χ0n) is 7.89. The summed E-state index contributed by atoms with van der Waals surface area (Å²) in [5.41, 5.74) is 1.83. The van der Waals surface area contributed by atoms with Crippen LogP contribution in [-0.2, 0) is 6.61 Å². The molecule has 1 heterocycles. The van der Waals surface area contributed by atoms with Crippen LogP contribution in [0.1, 0.15) is 5.56 Å². The van der Waals surface area contributed by atoms with Gasteiger partial charge in [-0.1, -0.05) is 24.3 Å². The van der Waals surface area contributed by atoms with E-state index in [0.29, 0.717) is 5.82 Å². The minimum Gasteiger partial charge on any atom is -0.392 e. The van der Waals surface area contributed by atoms with Gasteiger partial charge in [0.1, 0.15) is 0 Å². The van der Waals surface area contributed by atoms with Gasteiger partial charge in [-0.2, -0.15) is 0 Å². The summed E-state index contributed by atoms with van der Waals surface area (Å²) in [6.45, 7) is 0.0570. The van der Waals surface area contributed by atoms with Crippen molar-refractivity contribution in [1.29, 1.82) is 0 Å². The predicted molar refractivity (Wildman–Crippen MR) is 61.1 cm³/mol. The molecule has 4 heteroatoms. The highest BCUT2D eigenvalue weighted by molar-refractivity contribution is 9.10. The Morgan fingerprint density at radius 1 is 1.07 bits per heavy atom. The molecular weight excluding hydrogens is 256 g/mol. The zero-order chi connectivity index (χ0) is 10.7. The SMILES string of the molecule is OCc1ccc(-c2ncc(Br)cn2)cc1. The van der Waals surface area contributed by atoms with Crippen LogP contribution in [0.3, 0.4) is 0 Å². The van der Waals surface area contributed by atoms with Gasteiger partial charge in [0.25, 0.3) is 0 Å². The normalized spacial score (nSPS) is 10.3. The summed E-state index contributed by atoms with van der Waals surface area (Å²) in [5.74, 6) is 0.683. The summed E-state index contributed by atoms with van der Waals surface area (Å²) in [6.07, 6.45) is 3.42. The Hall–Kier alpha value is -1.26. The van der Waals surface area contributed by atoms with Crippen LogP contribution in [0.5, 0.6) is 0 Å². The van der Waals surface area contributed by atoms with Gasteiger partial charge in [0, 0.05) is 18.0 Å². The molecule has 1 aromatic heterocycles. The Morgan fingerprint density at radius 3 is 2.20 bits per heavy atom. The molecule has 1 N–H and O–H groups in total. The molecule has 0 aliphatic heterocycles. The summed E-state index contributed by atoms with van der Waals surface area (Å²) >= 11 is 3.28. The van der Waals surface area contributed by atoms with Crippen molar-refractivity contribution in [1.82, 2.24) is 9.97 Å². The van der Waals surface area contributed by atoms with Gasteiger partial charge >= 0.3 is 0 Å². The van der Waals surface area contributed by atoms with E-state index in [0.717, 1.165) is 15.6 Å². The summed E-state index contributed by atoms with van der Waals surface area (Å²) < 4.78 is 0.859. The summed E-state index contributed by atoms with van der Waals surface area (Å²) in [4.78, 5) is 8.37. The molecule has 0 fully saturated rings. The zero-order valence-corrected chi connectivity index (χ0v) is 9.48. The predicted octanol–water partition coefficient (Wildman–Crippen LogP) is 2.40. The molecule has 1 aromatic carbocycles. The van der Waals surface area contributed by atoms with E-state index >= 15 is 0 Å². The van der Waals surface area contributed by atoms with Crippen molar-refractivity contribution in [2.45, 2.75) is 6.61 Å². The fourth-order valence-electron chi connectivity index (χ4n) is 1.22. The van der Waals surface area contributed by atoms with Gasteiger partial charge in [-0.05, 0) is 21.5 Å². The van der Waals surface area contributed by atoms with Crippen LogP contribution < -0.4 is 0 Å². The van der Waals surface area contributed by atoms with Crippen LogP contribution in [0.4, 0.5) is 0 Å². The first-order chi connectivity index (χ1) is 7.29. The first-order valence-electron chi connectivity index (χ1n) is 4.47. The van der Waals surface area contributed by atoms with Gasteiger partial charge in [-0.15, -0.1) is 0 Å². The van der Waals surface area contributed by atoms with Crippen molar-refractivity contribution in [2.75, 3.05) is 0 Å². The largest absolute Gasteiger partial charge is 0.392 e. The molecule has 0 spiro atoms. The third-order valence-electron chi connectivity index (χ3n) is 2.02. The van der Waals surface area contributed by atoms with Gasteiger partial charge in [0.05, 0.1) is 11.1 Å². The molecule has 0 bridgehead atoms. The quantitative estimate of drug-likeness (QED) is 0.906. The van der Waals surface area contributed by atoms with E-state index in [1.807, 2.05) is 24.3 Å². The number of nitrogens with zero attached hydrogens (tertiary/aromatic N) is 2. The minimum atomic E-state index is 0.0570. The third-order valence-corrected chi connectivity index (χ3v) is 2.42. The van der Waals surface area contributed by atoms with E-state index in [9.17, 15) is 0 Å². The number of halogens is 1. The van der Waals surface area contributed by atoms with Crippen LogP contribution in [-0.4, -0.2) is 15.1 Å². The van der Waals surface area contributed by atoms with Gasteiger partial charge < -0.3 is 5.11 Å². The molecule has 3 nitrogen and oxygen atoms in total. The number of hydrogen-bond acceptors (Lipinski definition) is 3. The molecule has 2 rings (SSSR count). The average molecular weight is 265 g/mol. The first-order valence-corrected chi connectivity index (χ1v) is 5.26. The number of aliphatic hydroxyl groups is 1. The van der Waals surface area contributed by atoms with Gasteiger partial charge in [0.2, 0.25) is 0 Å². The summed E-state index contributed by atoms with van der Waals surface area (Å²) in [5, 5.41) is 8.90. The fourth-order valence-corrected chi connectivity index (χ4v) is 1.43. The lowest BCUT2D eigenvalue weighted by Crippen LogP contribution is -1.88. The highest BCUT2D eigenvalue weighted by atomic mass is 79.9. The average Bonchev–Trinajstić information content (AvgIpc) is 2.30. The molecule has 0 radical (unpaired) electrons. The van der Waals surface area contributed by atoms with Crippen LogP contribution in [0.2, 0.25) is 0 Å². The fraction of sp³-hybridized carbons (Fsp3) is 0.0909. The van der Waals surface area contributed by atoms with Gasteiger partial charge in [-0.25, -0.2) is 9.97 Å². The lowest BCUT2D eigenvalue weighted by Gasteiger charge is -2.00. The van der Waals surface area contributed by atoms with E-state index in [4.69, 9.17) is 5.11 Å². The topological polar surface area (TPSA) is 46.0 Å². The molecular formula is C11H9BrN2O. The molecule has 76 valence electrons. The Kier molecular flexibility index (Phi) is 3.08. The van der Waals surface area contributed by atoms with Gasteiger partial charge in [-0.3, -0.25) is 0 Å². The van der Waals surface area contributed by atoms with Crippen molar-refractivity contribution in [3.05, 3.63) is 46.7 Å². The van der Waals surface area contributed by atoms with Gasteiger partial charge in [0.15, 0.2) is 5.82 Å². The molecule has 0 saturated heterocycles. The molecule has 0 aliphatic rings. The van der Waals surface area contributed by atoms with Crippen LogP contribution >= 0.6 is 15.9 Å². The van der Waals surface area contributed by atoms with Crippen LogP contribution in [0, 0.1) is 0 Å². The highest BCUT2D eigenvalue weighted by Crippen LogP contribution is 2.16. The standard InChI is InChI=1S/C11H9BrN2O/c12-10-5-13-11(14-6-10)9-3-1-8(7-15)2-4-9/h1-6,15H,7H2. The number of aromatic nitrogens is 2. The Balaban J connectivity index is 2.33. The second-order valence-electron chi connectivity index (χ2n) is 3.08. The lowest BCUT2D eigenvalue weighted by atomic mass is 10.1. The van der Waals surface area contributed by atoms with Crippen LogP contribution in [0.15, 0.2) is 41.1 Å². The Labute approximate surface area is 96.0 Å². The molecule has 15 heavy (non-hydrogen) atoms. The number of aliphatic hydroxyl groups excluding tert-OH is 1. The molecule has 0 unspecified atom stereocenters. The second kappa shape index (κ2) is 4.51. The van der Waals surface area contributed by atoms with Crippen LogP contribution in [0.25, 0.3) is 11.4 Å². The first kappa shape index (κ1) is 10.3. The molecule has 0 atom stereocenters. The summed E-state index contributed by atoms with van der Waals surface area (Å²) in [7, 11) is 0. The lowest BCUT2D eigenvalue weighted by molar-refractivity contribution is 0.282. The monoisotopic (exact) mass is 264 g/mol. The highest BCUT2D eigenvalue weighted by Gasteiger charge is 2.00. The Bertz CT molecular complexity index is 439. The maximum atomic E-state index is 8.90.